The molecule has 1 unspecified atom stereocenters. The molecule has 0 aliphatic heterocycles. The van der Waals surface area contributed by atoms with E-state index in [-0.39, 0.29) is 5.38 Å². The lowest BCUT2D eigenvalue weighted by Gasteiger charge is -2.09. The third kappa shape index (κ3) is 3.10. The van der Waals surface area contributed by atoms with Crippen LogP contribution in [0.5, 0.6) is 0 Å². The highest BCUT2D eigenvalue weighted by molar-refractivity contribution is 9.10. The molecule has 0 nitrogen and oxygen atoms in total. The standard InChI is InChI=1S/C14H12BrCl/c15-13-8-4-5-11(9-13)10-14(16)12-6-2-1-3-7-12/h1-9,14H,10H2. The molecule has 0 heterocycles. The van der Waals surface area contributed by atoms with Crippen LogP contribution >= 0.6 is 27.5 Å². The highest BCUT2D eigenvalue weighted by Crippen LogP contribution is 2.25. The zero-order valence-electron chi connectivity index (χ0n) is 8.74. The molecule has 0 aromatic heterocycles. The normalized spacial score (nSPS) is 12.4. The third-order valence-corrected chi connectivity index (χ3v) is 3.36. The minimum atomic E-state index is 0.0375. The summed E-state index contributed by atoms with van der Waals surface area (Å²) in [6.07, 6.45) is 0.852. The molecule has 0 aliphatic rings. The molecule has 82 valence electrons. The second-order valence-electron chi connectivity index (χ2n) is 3.71. The Morgan fingerprint density at radius 1 is 1.00 bits per heavy atom. The van der Waals surface area contributed by atoms with E-state index in [1.807, 2.05) is 30.3 Å². The van der Waals surface area contributed by atoms with Gasteiger partial charge in [-0.25, -0.2) is 0 Å². The van der Waals surface area contributed by atoms with Crippen LogP contribution in [0.15, 0.2) is 59.1 Å². The van der Waals surface area contributed by atoms with Crippen LogP contribution < -0.4 is 0 Å². The Bertz CT molecular complexity index is 453. The van der Waals surface area contributed by atoms with Gasteiger partial charge >= 0.3 is 0 Å². The summed E-state index contributed by atoms with van der Waals surface area (Å²) in [5, 5.41) is 0.0375. The lowest BCUT2D eigenvalue weighted by Crippen LogP contribution is -1.95. The van der Waals surface area contributed by atoms with Gasteiger partial charge in [-0.05, 0) is 29.7 Å². The number of alkyl halides is 1. The molecule has 0 bridgehead atoms. The molecule has 2 rings (SSSR count). The minimum absolute atomic E-state index is 0.0375. The van der Waals surface area contributed by atoms with Gasteiger partial charge < -0.3 is 0 Å². The summed E-state index contributed by atoms with van der Waals surface area (Å²) in [4.78, 5) is 0. The Morgan fingerprint density at radius 3 is 2.44 bits per heavy atom. The lowest BCUT2D eigenvalue weighted by atomic mass is 10.0. The van der Waals surface area contributed by atoms with Crippen molar-refractivity contribution in [3.63, 3.8) is 0 Å². The molecule has 16 heavy (non-hydrogen) atoms. The Kier molecular flexibility index (Phi) is 4.03. The van der Waals surface area contributed by atoms with Crippen molar-refractivity contribution in [3.05, 3.63) is 70.2 Å². The quantitative estimate of drug-likeness (QED) is 0.701. The predicted octanol–water partition coefficient (Wildman–Crippen LogP) is 4.97. The monoisotopic (exact) mass is 294 g/mol. The van der Waals surface area contributed by atoms with Crippen molar-refractivity contribution in [2.45, 2.75) is 11.8 Å². The van der Waals surface area contributed by atoms with Crippen molar-refractivity contribution < 1.29 is 0 Å². The van der Waals surface area contributed by atoms with E-state index in [0.717, 1.165) is 10.9 Å². The van der Waals surface area contributed by atoms with Gasteiger partial charge in [0.25, 0.3) is 0 Å². The van der Waals surface area contributed by atoms with Crippen molar-refractivity contribution in [1.82, 2.24) is 0 Å². The fourth-order valence-corrected chi connectivity index (χ4v) is 2.42. The summed E-state index contributed by atoms with van der Waals surface area (Å²) in [6.45, 7) is 0. The van der Waals surface area contributed by atoms with Gasteiger partial charge in [-0.3, -0.25) is 0 Å². The molecule has 0 N–H and O–H groups in total. The first-order chi connectivity index (χ1) is 7.75. The topological polar surface area (TPSA) is 0 Å². The van der Waals surface area contributed by atoms with Gasteiger partial charge in [0, 0.05) is 4.47 Å². The van der Waals surface area contributed by atoms with Crippen LogP contribution in [-0.2, 0) is 6.42 Å². The van der Waals surface area contributed by atoms with Crippen LogP contribution in [0.4, 0.5) is 0 Å². The van der Waals surface area contributed by atoms with E-state index in [1.165, 1.54) is 11.1 Å². The van der Waals surface area contributed by atoms with E-state index in [1.54, 1.807) is 0 Å². The van der Waals surface area contributed by atoms with E-state index in [4.69, 9.17) is 11.6 Å². The summed E-state index contributed by atoms with van der Waals surface area (Å²) in [5.74, 6) is 0. The van der Waals surface area contributed by atoms with Crippen molar-refractivity contribution in [2.75, 3.05) is 0 Å². The Hall–Kier alpha value is -0.790. The largest absolute Gasteiger partial charge is 0.117 e. The summed E-state index contributed by atoms with van der Waals surface area (Å²) in [6, 6.07) is 18.4. The van der Waals surface area contributed by atoms with Gasteiger partial charge in [-0.2, -0.15) is 0 Å². The SMILES string of the molecule is ClC(Cc1cccc(Br)c1)c1ccccc1. The average Bonchev–Trinajstić information content (AvgIpc) is 2.30. The zero-order valence-corrected chi connectivity index (χ0v) is 11.1. The average molecular weight is 296 g/mol. The molecule has 0 amide bonds. The first-order valence-corrected chi connectivity index (χ1v) is 6.42. The van der Waals surface area contributed by atoms with Crippen LogP contribution in [0.1, 0.15) is 16.5 Å². The number of hydrogen-bond acceptors (Lipinski definition) is 0. The van der Waals surface area contributed by atoms with Crippen LogP contribution in [0.2, 0.25) is 0 Å². The number of benzene rings is 2. The minimum Gasteiger partial charge on any atom is -0.117 e. The predicted molar refractivity (Wildman–Crippen MR) is 72.9 cm³/mol. The van der Waals surface area contributed by atoms with Crippen molar-refractivity contribution in [3.8, 4) is 0 Å². The second kappa shape index (κ2) is 5.51. The molecule has 0 saturated carbocycles. The van der Waals surface area contributed by atoms with Crippen molar-refractivity contribution in [1.29, 1.82) is 0 Å². The Morgan fingerprint density at radius 2 is 1.75 bits per heavy atom. The lowest BCUT2D eigenvalue weighted by molar-refractivity contribution is 0.919. The molecule has 0 radical (unpaired) electrons. The maximum Gasteiger partial charge on any atom is 0.0625 e. The summed E-state index contributed by atoms with van der Waals surface area (Å²) < 4.78 is 1.10. The smallest absolute Gasteiger partial charge is 0.0625 e. The maximum atomic E-state index is 6.38. The molecular formula is C14H12BrCl. The van der Waals surface area contributed by atoms with E-state index in [0.29, 0.717) is 0 Å². The number of rotatable bonds is 3. The van der Waals surface area contributed by atoms with Crippen LogP contribution in [-0.4, -0.2) is 0 Å². The molecule has 0 saturated heterocycles. The summed E-state index contributed by atoms with van der Waals surface area (Å²) in [5.41, 5.74) is 2.42. The van der Waals surface area contributed by atoms with Crippen LogP contribution in [0.3, 0.4) is 0 Å². The Balaban J connectivity index is 2.11. The highest BCUT2D eigenvalue weighted by Gasteiger charge is 2.08. The van der Waals surface area contributed by atoms with Crippen LogP contribution in [0, 0.1) is 0 Å². The summed E-state index contributed by atoms with van der Waals surface area (Å²) >= 11 is 9.84. The van der Waals surface area contributed by atoms with Gasteiger partial charge in [-0.15, -0.1) is 11.6 Å². The fourth-order valence-electron chi connectivity index (χ4n) is 1.65. The maximum absolute atomic E-state index is 6.38. The third-order valence-electron chi connectivity index (χ3n) is 2.47. The first-order valence-electron chi connectivity index (χ1n) is 5.19. The molecule has 0 spiro atoms. The molecular weight excluding hydrogens is 284 g/mol. The molecule has 2 heteroatoms. The highest BCUT2D eigenvalue weighted by atomic mass is 79.9. The van der Waals surface area contributed by atoms with Gasteiger partial charge in [0.05, 0.1) is 5.38 Å². The zero-order chi connectivity index (χ0) is 11.4. The number of halogens is 2. The molecule has 1 atom stereocenters. The van der Waals surface area contributed by atoms with E-state index >= 15 is 0 Å². The molecule has 0 fully saturated rings. The molecule has 0 aliphatic carbocycles. The van der Waals surface area contributed by atoms with E-state index in [2.05, 4.69) is 40.2 Å². The number of hydrogen-bond donors (Lipinski definition) is 0. The van der Waals surface area contributed by atoms with Gasteiger partial charge in [0.2, 0.25) is 0 Å². The fraction of sp³-hybridized carbons (Fsp3) is 0.143. The molecule has 2 aromatic rings. The summed E-state index contributed by atoms with van der Waals surface area (Å²) in [7, 11) is 0. The first kappa shape index (κ1) is 11.7. The van der Waals surface area contributed by atoms with Crippen molar-refractivity contribution in [2.24, 2.45) is 0 Å². The van der Waals surface area contributed by atoms with Gasteiger partial charge in [-0.1, -0.05) is 58.4 Å². The van der Waals surface area contributed by atoms with Crippen LogP contribution in [0.25, 0.3) is 0 Å². The molecule has 2 aromatic carbocycles. The van der Waals surface area contributed by atoms with Crippen molar-refractivity contribution >= 4 is 27.5 Å². The van der Waals surface area contributed by atoms with Gasteiger partial charge in [0.15, 0.2) is 0 Å². The van der Waals surface area contributed by atoms with E-state index < -0.39 is 0 Å². The van der Waals surface area contributed by atoms with Gasteiger partial charge in [0.1, 0.15) is 0 Å². The second-order valence-corrected chi connectivity index (χ2v) is 5.15. The Labute approximate surface area is 109 Å². The van der Waals surface area contributed by atoms with E-state index in [9.17, 15) is 0 Å².